The SMILES string of the molecule is NNC(=Nc1ccccc1)c1cnns1. The van der Waals surface area contributed by atoms with Crippen molar-refractivity contribution in [1.82, 2.24) is 15.0 Å². The standard InChI is InChI=1S/C9H9N5S/c10-13-9(8-6-11-14-15-8)12-7-4-2-1-3-5-7/h1-6H,10H2,(H,12,13). The van der Waals surface area contributed by atoms with E-state index in [-0.39, 0.29) is 0 Å². The lowest BCUT2D eigenvalue weighted by atomic mass is 10.3. The highest BCUT2D eigenvalue weighted by atomic mass is 32.1. The maximum absolute atomic E-state index is 5.38. The van der Waals surface area contributed by atoms with Crippen molar-refractivity contribution in [3.8, 4) is 0 Å². The van der Waals surface area contributed by atoms with Gasteiger partial charge in [-0.05, 0) is 23.7 Å². The molecule has 0 bridgehead atoms. The molecule has 0 fully saturated rings. The van der Waals surface area contributed by atoms with Gasteiger partial charge in [-0.2, -0.15) is 0 Å². The average molecular weight is 219 g/mol. The molecule has 0 aliphatic heterocycles. The summed E-state index contributed by atoms with van der Waals surface area (Å²) in [6.45, 7) is 0. The van der Waals surface area contributed by atoms with Crippen LogP contribution < -0.4 is 11.3 Å². The highest BCUT2D eigenvalue weighted by molar-refractivity contribution is 7.07. The molecule has 76 valence electrons. The molecule has 1 heterocycles. The molecule has 1 aromatic carbocycles. The van der Waals surface area contributed by atoms with Crippen molar-refractivity contribution < 1.29 is 0 Å². The summed E-state index contributed by atoms with van der Waals surface area (Å²) < 4.78 is 3.75. The van der Waals surface area contributed by atoms with Gasteiger partial charge in [0, 0.05) is 0 Å². The third-order valence-electron chi connectivity index (χ3n) is 1.73. The van der Waals surface area contributed by atoms with E-state index in [0.717, 1.165) is 10.6 Å². The normalized spacial score (nSPS) is 11.4. The quantitative estimate of drug-likeness (QED) is 0.343. The number of hydrazine groups is 1. The van der Waals surface area contributed by atoms with Gasteiger partial charge in [0.15, 0.2) is 5.84 Å². The van der Waals surface area contributed by atoms with Gasteiger partial charge in [0.2, 0.25) is 0 Å². The van der Waals surface area contributed by atoms with Crippen LogP contribution in [0.15, 0.2) is 41.5 Å². The molecule has 0 saturated carbocycles. The maximum Gasteiger partial charge on any atom is 0.161 e. The second kappa shape index (κ2) is 4.63. The van der Waals surface area contributed by atoms with Crippen molar-refractivity contribution in [2.45, 2.75) is 0 Å². The first-order chi connectivity index (χ1) is 7.40. The van der Waals surface area contributed by atoms with Crippen molar-refractivity contribution in [2.75, 3.05) is 0 Å². The van der Waals surface area contributed by atoms with Crippen molar-refractivity contribution in [3.05, 3.63) is 41.4 Å². The number of aliphatic imine (C=N–C) groups is 1. The molecule has 0 unspecified atom stereocenters. The molecule has 0 radical (unpaired) electrons. The lowest BCUT2D eigenvalue weighted by Crippen LogP contribution is -2.30. The van der Waals surface area contributed by atoms with Crippen LogP contribution in [0.1, 0.15) is 4.88 Å². The largest absolute Gasteiger partial charge is 0.307 e. The van der Waals surface area contributed by atoms with E-state index in [1.54, 1.807) is 6.20 Å². The third-order valence-corrected chi connectivity index (χ3v) is 2.40. The zero-order valence-corrected chi connectivity index (χ0v) is 8.61. The predicted molar refractivity (Wildman–Crippen MR) is 59.9 cm³/mol. The van der Waals surface area contributed by atoms with Crippen LogP contribution in [0.3, 0.4) is 0 Å². The molecule has 3 N–H and O–H groups in total. The molecular weight excluding hydrogens is 210 g/mol. The smallest absolute Gasteiger partial charge is 0.161 e. The molecule has 2 aromatic rings. The first kappa shape index (κ1) is 9.75. The Morgan fingerprint density at radius 1 is 1.33 bits per heavy atom. The Morgan fingerprint density at radius 3 is 2.73 bits per heavy atom. The summed E-state index contributed by atoms with van der Waals surface area (Å²) in [5.74, 6) is 5.95. The number of aromatic nitrogens is 2. The molecule has 0 spiro atoms. The third kappa shape index (κ3) is 2.36. The Bertz CT molecular complexity index is 437. The summed E-state index contributed by atoms with van der Waals surface area (Å²) in [6.07, 6.45) is 1.62. The fourth-order valence-corrected chi connectivity index (χ4v) is 1.53. The second-order valence-corrected chi connectivity index (χ2v) is 3.51. The van der Waals surface area contributed by atoms with Gasteiger partial charge in [0.25, 0.3) is 0 Å². The number of hydrogen-bond acceptors (Lipinski definition) is 5. The fraction of sp³-hybridized carbons (Fsp3) is 0. The zero-order chi connectivity index (χ0) is 10.5. The van der Waals surface area contributed by atoms with Gasteiger partial charge in [0.05, 0.1) is 11.9 Å². The number of benzene rings is 1. The molecule has 6 heteroatoms. The number of rotatable bonds is 2. The van der Waals surface area contributed by atoms with Crippen LogP contribution in [-0.2, 0) is 0 Å². The van der Waals surface area contributed by atoms with Crippen LogP contribution in [-0.4, -0.2) is 15.4 Å². The monoisotopic (exact) mass is 219 g/mol. The molecule has 0 aliphatic rings. The molecule has 15 heavy (non-hydrogen) atoms. The molecule has 0 amide bonds. The number of nitrogens with one attached hydrogen (secondary N) is 1. The van der Waals surface area contributed by atoms with Gasteiger partial charge in [-0.1, -0.05) is 22.7 Å². The Kier molecular flexibility index (Phi) is 3.01. The van der Waals surface area contributed by atoms with E-state index in [2.05, 4.69) is 20.0 Å². The lowest BCUT2D eigenvalue weighted by Gasteiger charge is -2.00. The number of amidine groups is 1. The number of hydrogen-bond donors (Lipinski definition) is 2. The Hall–Kier alpha value is -1.79. The van der Waals surface area contributed by atoms with Crippen LogP contribution >= 0.6 is 11.5 Å². The van der Waals surface area contributed by atoms with E-state index >= 15 is 0 Å². The average Bonchev–Trinajstić information content (AvgIpc) is 2.81. The first-order valence-corrected chi connectivity index (χ1v) is 5.05. The highest BCUT2D eigenvalue weighted by Crippen LogP contribution is 2.12. The minimum absolute atomic E-state index is 0.566. The van der Waals surface area contributed by atoms with Gasteiger partial charge in [-0.3, -0.25) is 0 Å². The van der Waals surface area contributed by atoms with Crippen LogP contribution in [0, 0.1) is 0 Å². The number of nitrogens with two attached hydrogens (primary N) is 1. The van der Waals surface area contributed by atoms with Crippen molar-refractivity contribution in [1.29, 1.82) is 0 Å². The summed E-state index contributed by atoms with van der Waals surface area (Å²) in [4.78, 5) is 5.14. The summed E-state index contributed by atoms with van der Waals surface area (Å²) >= 11 is 1.24. The topological polar surface area (TPSA) is 76.2 Å². The van der Waals surface area contributed by atoms with Gasteiger partial charge < -0.3 is 5.43 Å². The molecule has 1 aromatic heterocycles. The highest BCUT2D eigenvalue weighted by Gasteiger charge is 2.04. The summed E-state index contributed by atoms with van der Waals surface area (Å²) in [7, 11) is 0. The Balaban J connectivity index is 2.32. The fourth-order valence-electron chi connectivity index (χ4n) is 1.06. The van der Waals surface area contributed by atoms with E-state index in [1.165, 1.54) is 11.5 Å². The molecule has 5 nitrogen and oxygen atoms in total. The lowest BCUT2D eigenvalue weighted by molar-refractivity contribution is 1.03. The van der Waals surface area contributed by atoms with Crippen LogP contribution in [0.5, 0.6) is 0 Å². The van der Waals surface area contributed by atoms with Crippen molar-refractivity contribution in [2.24, 2.45) is 10.8 Å². The maximum atomic E-state index is 5.38. The molecule has 0 saturated heterocycles. The minimum atomic E-state index is 0.566. The van der Waals surface area contributed by atoms with E-state index in [0.29, 0.717) is 5.84 Å². The molecule has 0 aliphatic carbocycles. The zero-order valence-electron chi connectivity index (χ0n) is 7.79. The predicted octanol–water partition coefficient (Wildman–Crippen LogP) is 1.08. The first-order valence-electron chi connectivity index (χ1n) is 4.28. The van der Waals surface area contributed by atoms with E-state index in [4.69, 9.17) is 5.84 Å². The van der Waals surface area contributed by atoms with Gasteiger partial charge in [-0.25, -0.2) is 10.8 Å². The van der Waals surface area contributed by atoms with Crippen molar-refractivity contribution >= 4 is 23.1 Å². The Morgan fingerprint density at radius 2 is 2.13 bits per heavy atom. The van der Waals surface area contributed by atoms with Gasteiger partial charge >= 0.3 is 0 Å². The van der Waals surface area contributed by atoms with Gasteiger partial charge in [-0.15, -0.1) is 5.10 Å². The molecule has 2 rings (SSSR count). The Labute approximate surface area is 90.8 Å². The summed E-state index contributed by atoms with van der Waals surface area (Å²) in [5.41, 5.74) is 3.37. The molecular formula is C9H9N5S. The van der Waals surface area contributed by atoms with E-state index < -0.39 is 0 Å². The van der Waals surface area contributed by atoms with Crippen LogP contribution in [0.25, 0.3) is 0 Å². The number of para-hydroxylation sites is 1. The van der Waals surface area contributed by atoms with E-state index in [9.17, 15) is 0 Å². The van der Waals surface area contributed by atoms with E-state index in [1.807, 2.05) is 30.3 Å². The van der Waals surface area contributed by atoms with Crippen LogP contribution in [0.4, 0.5) is 5.69 Å². The summed E-state index contributed by atoms with van der Waals surface area (Å²) in [5, 5.41) is 3.72. The number of nitrogens with zero attached hydrogens (tertiary/aromatic N) is 3. The minimum Gasteiger partial charge on any atom is -0.307 e. The molecule has 0 atom stereocenters. The van der Waals surface area contributed by atoms with Gasteiger partial charge in [0.1, 0.15) is 4.88 Å². The second-order valence-electron chi connectivity index (χ2n) is 2.72. The van der Waals surface area contributed by atoms with Crippen LogP contribution in [0.2, 0.25) is 0 Å². The van der Waals surface area contributed by atoms with Crippen molar-refractivity contribution in [3.63, 3.8) is 0 Å². The summed E-state index contributed by atoms with van der Waals surface area (Å²) in [6, 6.07) is 9.55.